The number of aromatic nitrogens is 2. The van der Waals surface area contributed by atoms with E-state index in [-0.39, 0.29) is 11.3 Å². The molecule has 2 N–H and O–H groups in total. The first-order valence-electron chi connectivity index (χ1n) is 4.63. The molecule has 0 amide bonds. The summed E-state index contributed by atoms with van der Waals surface area (Å²) in [6, 6.07) is 4.69. The highest BCUT2D eigenvalue weighted by Gasteiger charge is 2.11. The lowest BCUT2D eigenvalue weighted by molar-refractivity contribution is 0.0697. The number of aromatic hydroxyl groups is 1. The van der Waals surface area contributed by atoms with Crippen LogP contribution in [0.15, 0.2) is 30.6 Å². The minimum Gasteiger partial charge on any atom is -0.506 e. The second kappa shape index (κ2) is 3.69. The van der Waals surface area contributed by atoms with Crippen molar-refractivity contribution in [3.8, 4) is 17.1 Å². The topological polar surface area (TPSA) is 75.4 Å². The van der Waals surface area contributed by atoms with Crippen molar-refractivity contribution in [2.75, 3.05) is 0 Å². The molecule has 0 aliphatic rings. The lowest BCUT2D eigenvalue weighted by Crippen LogP contribution is -1.92. The first kappa shape index (κ1) is 10.2. The first-order chi connectivity index (χ1) is 7.58. The van der Waals surface area contributed by atoms with Gasteiger partial charge in [0.25, 0.3) is 0 Å². The Morgan fingerprint density at radius 3 is 2.69 bits per heavy atom. The van der Waals surface area contributed by atoms with Crippen molar-refractivity contribution < 1.29 is 15.0 Å². The predicted molar refractivity (Wildman–Crippen MR) is 57.3 cm³/mol. The van der Waals surface area contributed by atoms with E-state index < -0.39 is 5.97 Å². The average Bonchev–Trinajstić information content (AvgIpc) is 2.62. The van der Waals surface area contributed by atoms with Gasteiger partial charge < -0.3 is 14.8 Å². The fourth-order valence-electron chi connectivity index (χ4n) is 1.47. The van der Waals surface area contributed by atoms with E-state index in [0.717, 1.165) is 0 Å². The van der Waals surface area contributed by atoms with Crippen LogP contribution in [0.5, 0.6) is 5.75 Å². The molecule has 0 unspecified atom stereocenters. The van der Waals surface area contributed by atoms with Crippen LogP contribution >= 0.6 is 0 Å². The fourth-order valence-corrected chi connectivity index (χ4v) is 1.47. The molecule has 2 heterocycles. The van der Waals surface area contributed by atoms with Gasteiger partial charge in [-0.3, -0.25) is 4.98 Å². The molecule has 0 fully saturated rings. The number of hydrogen-bond acceptors (Lipinski definition) is 3. The van der Waals surface area contributed by atoms with E-state index in [1.165, 1.54) is 18.5 Å². The Kier molecular flexibility index (Phi) is 2.36. The number of aryl methyl sites for hydroxylation is 1. The highest BCUT2D eigenvalue weighted by molar-refractivity contribution is 5.89. The Hall–Kier alpha value is -2.30. The van der Waals surface area contributed by atoms with Crippen LogP contribution in [0.2, 0.25) is 0 Å². The molecule has 0 spiro atoms. The summed E-state index contributed by atoms with van der Waals surface area (Å²) in [4.78, 5) is 14.8. The number of rotatable bonds is 2. The average molecular weight is 218 g/mol. The van der Waals surface area contributed by atoms with Gasteiger partial charge in [-0.2, -0.15) is 0 Å². The van der Waals surface area contributed by atoms with Crippen LogP contribution in [0.25, 0.3) is 11.4 Å². The van der Waals surface area contributed by atoms with E-state index >= 15 is 0 Å². The van der Waals surface area contributed by atoms with Gasteiger partial charge in [0.2, 0.25) is 0 Å². The van der Waals surface area contributed by atoms with E-state index in [2.05, 4.69) is 4.98 Å². The Morgan fingerprint density at radius 1 is 1.44 bits per heavy atom. The molecular weight excluding hydrogens is 208 g/mol. The molecular formula is C11H10N2O3. The molecule has 2 aromatic rings. The molecule has 0 radical (unpaired) electrons. The zero-order valence-corrected chi connectivity index (χ0v) is 8.58. The molecule has 0 saturated carbocycles. The summed E-state index contributed by atoms with van der Waals surface area (Å²) in [5, 5.41) is 17.9. The number of aromatic carboxylic acids is 1. The van der Waals surface area contributed by atoms with Crippen molar-refractivity contribution in [2.24, 2.45) is 7.05 Å². The lowest BCUT2D eigenvalue weighted by atomic mass is 10.2. The van der Waals surface area contributed by atoms with Crippen molar-refractivity contribution >= 4 is 5.97 Å². The minimum absolute atomic E-state index is 0.0800. The molecule has 0 saturated heterocycles. The number of carbonyl (C=O) groups is 1. The standard InChI is InChI=1S/C11H10N2O3/c1-13-6-7(11(15)16)4-10(13)9-3-2-8(14)5-12-9/h2-6,14H,1H3,(H,15,16). The van der Waals surface area contributed by atoms with Crippen molar-refractivity contribution in [3.05, 3.63) is 36.2 Å². The Morgan fingerprint density at radius 2 is 2.19 bits per heavy atom. The van der Waals surface area contributed by atoms with Crippen LogP contribution in [-0.4, -0.2) is 25.7 Å². The van der Waals surface area contributed by atoms with Gasteiger partial charge in [-0.05, 0) is 18.2 Å². The summed E-state index contributed by atoms with van der Waals surface area (Å²) in [6.07, 6.45) is 2.84. The number of nitrogens with zero attached hydrogens (tertiary/aromatic N) is 2. The number of carboxylic acid groups (broad SMARTS) is 1. The third-order valence-corrected chi connectivity index (χ3v) is 2.26. The van der Waals surface area contributed by atoms with Gasteiger partial charge in [0.05, 0.1) is 23.1 Å². The van der Waals surface area contributed by atoms with Gasteiger partial charge in [-0.15, -0.1) is 0 Å². The molecule has 5 heteroatoms. The smallest absolute Gasteiger partial charge is 0.337 e. The first-order valence-corrected chi connectivity index (χ1v) is 4.63. The van der Waals surface area contributed by atoms with Crippen molar-refractivity contribution in [1.82, 2.24) is 9.55 Å². The fraction of sp³-hybridized carbons (Fsp3) is 0.0909. The summed E-state index contributed by atoms with van der Waals surface area (Å²) < 4.78 is 1.68. The summed E-state index contributed by atoms with van der Waals surface area (Å²) in [5.41, 5.74) is 1.53. The van der Waals surface area contributed by atoms with E-state index in [4.69, 9.17) is 10.2 Å². The molecule has 0 aromatic carbocycles. The maximum Gasteiger partial charge on any atom is 0.337 e. The molecule has 0 bridgehead atoms. The molecule has 2 rings (SSSR count). The lowest BCUT2D eigenvalue weighted by Gasteiger charge is -2.01. The zero-order chi connectivity index (χ0) is 11.7. The minimum atomic E-state index is -0.972. The van der Waals surface area contributed by atoms with Gasteiger partial charge in [0, 0.05) is 13.2 Å². The van der Waals surface area contributed by atoms with Crippen LogP contribution in [0, 0.1) is 0 Å². The maximum absolute atomic E-state index is 10.8. The molecule has 5 nitrogen and oxygen atoms in total. The van der Waals surface area contributed by atoms with Crippen molar-refractivity contribution in [2.45, 2.75) is 0 Å². The Labute approximate surface area is 91.6 Å². The normalized spacial score (nSPS) is 10.3. The zero-order valence-electron chi connectivity index (χ0n) is 8.58. The SMILES string of the molecule is Cn1cc(C(=O)O)cc1-c1ccc(O)cn1. The van der Waals surface area contributed by atoms with Crippen LogP contribution < -0.4 is 0 Å². The molecule has 2 aromatic heterocycles. The third-order valence-electron chi connectivity index (χ3n) is 2.26. The van der Waals surface area contributed by atoms with E-state index in [9.17, 15) is 4.79 Å². The van der Waals surface area contributed by atoms with E-state index in [0.29, 0.717) is 11.4 Å². The predicted octanol–water partition coefficient (Wildman–Crippen LogP) is 1.49. The van der Waals surface area contributed by atoms with Crippen LogP contribution in [0.1, 0.15) is 10.4 Å². The molecule has 0 aliphatic carbocycles. The van der Waals surface area contributed by atoms with Crippen molar-refractivity contribution in [1.29, 1.82) is 0 Å². The van der Waals surface area contributed by atoms with Crippen LogP contribution in [0.4, 0.5) is 0 Å². The third kappa shape index (κ3) is 1.75. The monoisotopic (exact) mass is 218 g/mol. The van der Waals surface area contributed by atoms with E-state index in [1.807, 2.05) is 0 Å². The molecule has 0 aliphatic heterocycles. The van der Waals surface area contributed by atoms with Crippen LogP contribution in [0.3, 0.4) is 0 Å². The van der Waals surface area contributed by atoms with Gasteiger partial charge in [0.15, 0.2) is 0 Å². The van der Waals surface area contributed by atoms with Gasteiger partial charge in [-0.1, -0.05) is 0 Å². The maximum atomic E-state index is 10.8. The number of pyridine rings is 1. The molecule has 0 atom stereocenters. The Bertz CT molecular complexity index is 529. The molecule has 82 valence electrons. The van der Waals surface area contributed by atoms with Gasteiger partial charge in [-0.25, -0.2) is 4.79 Å². The number of carboxylic acids is 1. The Balaban J connectivity index is 2.47. The van der Waals surface area contributed by atoms with Gasteiger partial charge >= 0.3 is 5.97 Å². The van der Waals surface area contributed by atoms with Gasteiger partial charge in [0.1, 0.15) is 5.75 Å². The van der Waals surface area contributed by atoms with Crippen LogP contribution in [-0.2, 0) is 7.05 Å². The van der Waals surface area contributed by atoms with E-state index in [1.54, 1.807) is 23.7 Å². The summed E-state index contributed by atoms with van der Waals surface area (Å²) in [6.45, 7) is 0. The summed E-state index contributed by atoms with van der Waals surface area (Å²) in [7, 11) is 1.75. The second-order valence-electron chi connectivity index (χ2n) is 3.43. The largest absolute Gasteiger partial charge is 0.506 e. The molecule has 16 heavy (non-hydrogen) atoms. The highest BCUT2D eigenvalue weighted by atomic mass is 16.4. The summed E-state index contributed by atoms with van der Waals surface area (Å²) >= 11 is 0. The van der Waals surface area contributed by atoms with Crippen molar-refractivity contribution in [3.63, 3.8) is 0 Å². The highest BCUT2D eigenvalue weighted by Crippen LogP contribution is 2.21. The quantitative estimate of drug-likeness (QED) is 0.800. The number of hydrogen-bond donors (Lipinski definition) is 2. The second-order valence-corrected chi connectivity index (χ2v) is 3.43. The summed E-state index contributed by atoms with van der Waals surface area (Å²) in [5.74, 6) is -0.892.